The van der Waals surface area contributed by atoms with E-state index in [1.165, 1.54) is 0 Å². The molecule has 0 saturated heterocycles. The van der Waals surface area contributed by atoms with Crippen molar-refractivity contribution in [2.75, 3.05) is 20.2 Å². The summed E-state index contributed by atoms with van der Waals surface area (Å²) in [5.74, 6) is 0. The van der Waals surface area contributed by atoms with Gasteiger partial charge in [0.15, 0.2) is 6.79 Å². The average Bonchev–Trinajstić information content (AvgIpc) is 1.81. The summed E-state index contributed by atoms with van der Waals surface area (Å²) < 4.78 is 9.16. The second-order valence-corrected chi connectivity index (χ2v) is 1.35. The number of rotatable bonds is 5. The molecule has 1 radical (unpaired) electrons. The molecule has 0 fully saturated rings. The van der Waals surface area contributed by atoms with Crippen LogP contribution in [0.1, 0.15) is 13.3 Å². The molecule has 0 aromatic heterocycles. The lowest BCUT2D eigenvalue weighted by Gasteiger charge is -1.98. The minimum absolute atomic E-state index is 0.136. The summed E-state index contributed by atoms with van der Waals surface area (Å²) in [6.45, 7) is 2.29. The normalized spacial score (nSPS) is 9.75. The monoisotopic (exact) mass is 119 g/mol. The maximum atomic E-state index is 9.59. The smallest absolute Gasteiger partial charge is 0.183 e. The fourth-order valence-electron chi connectivity index (χ4n) is 0.296. The molecule has 3 nitrogen and oxygen atoms in total. The van der Waals surface area contributed by atoms with E-state index in [2.05, 4.69) is 4.74 Å². The van der Waals surface area contributed by atoms with Gasteiger partial charge in [0.2, 0.25) is 0 Å². The van der Waals surface area contributed by atoms with Crippen LogP contribution < -0.4 is 0 Å². The van der Waals surface area contributed by atoms with E-state index in [4.69, 9.17) is 4.74 Å². The zero-order chi connectivity index (χ0) is 6.24. The molecular formula is C5H11O3. The van der Waals surface area contributed by atoms with Crippen molar-refractivity contribution in [3.05, 3.63) is 0 Å². The summed E-state index contributed by atoms with van der Waals surface area (Å²) in [4.78, 5) is 0. The van der Waals surface area contributed by atoms with E-state index in [0.29, 0.717) is 6.61 Å². The molecule has 0 atom stereocenters. The standard InChI is InChI=1S/C5H11O3/c1-2-3-7-5-8-4-6/h2-5H2,1H3. The third-order valence-corrected chi connectivity index (χ3v) is 0.598. The molecule has 0 aromatic carbocycles. The second kappa shape index (κ2) is 6.88. The van der Waals surface area contributed by atoms with E-state index in [0.717, 1.165) is 6.42 Å². The topological polar surface area (TPSA) is 38.4 Å². The number of hydrogen-bond donors (Lipinski definition) is 0. The van der Waals surface area contributed by atoms with E-state index in [1.807, 2.05) is 6.92 Å². The van der Waals surface area contributed by atoms with Crippen molar-refractivity contribution >= 4 is 0 Å². The Kier molecular flexibility index (Phi) is 6.78. The van der Waals surface area contributed by atoms with Gasteiger partial charge in [0.25, 0.3) is 0 Å². The molecule has 0 heterocycles. The minimum atomic E-state index is -0.510. The lowest BCUT2D eigenvalue weighted by atomic mass is 10.5. The first-order valence-corrected chi connectivity index (χ1v) is 2.65. The Morgan fingerprint density at radius 3 is 2.62 bits per heavy atom. The minimum Gasteiger partial charge on any atom is -0.355 e. The van der Waals surface area contributed by atoms with Gasteiger partial charge in [-0.3, -0.25) is 0 Å². The molecule has 0 N–H and O–H groups in total. The molecule has 0 bridgehead atoms. The van der Waals surface area contributed by atoms with Crippen molar-refractivity contribution in [2.45, 2.75) is 13.3 Å². The highest BCUT2D eigenvalue weighted by atomic mass is 16.7. The highest BCUT2D eigenvalue weighted by Gasteiger charge is 1.81. The molecule has 0 amide bonds. The molecule has 3 heteroatoms. The van der Waals surface area contributed by atoms with Gasteiger partial charge in [-0.1, -0.05) is 6.92 Å². The lowest BCUT2D eigenvalue weighted by molar-refractivity contribution is -0.128. The Bertz CT molecular complexity index is 32.7. The van der Waals surface area contributed by atoms with Crippen LogP contribution in [0.5, 0.6) is 0 Å². The van der Waals surface area contributed by atoms with Gasteiger partial charge in [0, 0.05) is 6.61 Å². The lowest BCUT2D eigenvalue weighted by Crippen LogP contribution is -2.00. The predicted molar refractivity (Wildman–Crippen MR) is 27.7 cm³/mol. The van der Waals surface area contributed by atoms with Gasteiger partial charge in [-0.2, -0.15) is 0 Å². The molecule has 0 aliphatic heterocycles. The largest absolute Gasteiger partial charge is 0.355 e. The zero-order valence-corrected chi connectivity index (χ0v) is 5.05. The molecular weight excluding hydrogens is 108 g/mol. The third kappa shape index (κ3) is 5.88. The molecule has 0 aromatic rings. The molecule has 0 saturated carbocycles. The quantitative estimate of drug-likeness (QED) is 0.396. The Morgan fingerprint density at radius 1 is 1.38 bits per heavy atom. The van der Waals surface area contributed by atoms with Crippen LogP contribution in [-0.2, 0) is 14.6 Å². The molecule has 0 spiro atoms. The van der Waals surface area contributed by atoms with Crippen molar-refractivity contribution in [1.82, 2.24) is 0 Å². The van der Waals surface area contributed by atoms with Crippen LogP contribution in [0.2, 0.25) is 0 Å². The second-order valence-electron chi connectivity index (χ2n) is 1.35. The Labute approximate surface area is 49.2 Å². The summed E-state index contributed by atoms with van der Waals surface area (Å²) in [7, 11) is 0. The molecule has 0 aliphatic carbocycles. The van der Waals surface area contributed by atoms with Gasteiger partial charge in [-0.05, 0) is 6.42 Å². The van der Waals surface area contributed by atoms with E-state index in [9.17, 15) is 5.11 Å². The van der Waals surface area contributed by atoms with Crippen LogP contribution in [0.15, 0.2) is 0 Å². The summed E-state index contributed by atoms with van der Waals surface area (Å²) in [5, 5.41) is 9.59. The first-order valence-electron chi connectivity index (χ1n) is 2.65. The van der Waals surface area contributed by atoms with Crippen LogP contribution in [-0.4, -0.2) is 20.2 Å². The van der Waals surface area contributed by atoms with E-state index in [1.54, 1.807) is 0 Å². The number of hydrogen-bond acceptors (Lipinski definition) is 2. The summed E-state index contributed by atoms with van der Waals surface area (Å²) in [6.07, 6.45) is 0.961. The average molecular weight is 119 g/mol. The van der Waals surface area contributed by atoms with Crippen LogP contribution in [0.3, 0.4) is 0 Å². The molecule has 0 aliphatic rings. The molecule has 8 heavy (non-hydrogen) atoms. The van der Waals surface area contributed by atoms with E-state index in [-0.39, 0.29) is 6.79 Å². The van der Waals surface area contributed by atoms with Crippen molar-refractivity contribution in [2.24, 2.45) is 0 Å². The van der Waals surface area contributed by atoms with Gasteiger partial charge >= 0.3 is 0 Å². The molecule has 0 unspecified atom stereocenters. The first kappa shape index (κ1) is 7.88. The zero-order valence-electron chi connectivity index (χ0n) is 5.05. The highest BCUT2D eigenvalue weighted by molar-refractivity contribution is 4.18. The maximum absolute atomic E-state index is 9.59. The maximum Gasteiger partial charge on any atom is 0.183 e. The van der Waals surface area contributed by atoms with Crippen LogP contribution >= 0.6 is 0 Å². The van der Waals surface area contributed by atoms with Crippen molar-refractivity contribution in [3.63, 3.8) is 0 Å². The predicted octanol–water partition coefficient (Wildman–Crippen LogP) is 0.775. The molecule has 49 valence electrons. The van der Waals surface area contributed by atoms with Crippen molar-refractivity contribution in [1.29, 1.82) is 0 Å². The summed E-state index contributed by atoms with van der Waals surface area (Å²) in [5.41, 5.74) is 0. The fourth-order valence-corrected chi connectivity index (χ4v) is 0.296. The van der Waals surface area contributed by atoms with E-state index < -0.39 is 6.79 Å². The van der Waals surface area contributed by atoms with Crippen LogP contribution in [0, 0.1) is 0 Å². The summed E-state index contributed by atoms with van der Waals surface area (Å²) in [6, 6.07) is 0. The van der Waals surface area contributed by atoms with Crippen molar-refractivity contribution < 1.29 is 14.6 Å². The first-order chi connectivity index (χ1) is 3.91. The van der Waals surface area contributed by atoms with Crippen molar-refractivity contribution in [3.8, 4) is 0 Å². The van der Waals surface area contributed by atoms with Gasteiger partial charge in [0.1, 0.15) is 6.79 Å². The van der Waals surface area contributed by atoms with Gasteiger partial charge in [0.05, 0.1) is 0 Å². The summed E-state index contributed by atoms with van der Waals surface area (Å²) >= 11 is 0. The SMILES string of the molecule is CCCOCOC[O]. The molecule has 0 rings (SSSR count). The van der Waals surface area contributed by atoms with E-state index >= 15 is 0 Å². The van der Waals surface area contributed by atoms with Gasteiger partial charge in [-0.15, -0.1) is 0 Å². The van der Waals surface area contributed by atoms with Crippen LogP contribution in [0.4, 0.5) is 0 Å². The number of ether oxygens (including phenoxy) is 2. The van der Waals surface area contributed by atoms with Gasteiger partial charge in [-0.25, -0.2) is 5.11 Å². The highest BCUT2D eigenvalue weighted by Crippen LogP contribution is 1.79. The fraction of sp³-hybridized carbons (Fsp3) is 1.00. The Morgan fingerprint density at radius 2 is 2.12 bits per heavy atom. The Balaban J connectivity index is 2.53. The Hall–Kier alpha value is -0.120. The van der Waals surface area contributed by atoms with Gasteiger partial charge < -0.3 is 9.47 Å². The third-order valence-electron chi connectivity index (χ3n) is 0.598. The van der Waals surface area contributed by atoms with Crippen LogP contribution in [0.25, 0.3) is 0 Å².